The Morgan fingerprint density at radius 3 is 2.56 bits per heavy atom. The van der Waals surface area contributed by atoms with Crippen LogP contribution in [0.2, 0.25) is 0 Å². The van der Waals surface area contributed by atoms with Crippen LogP contribution in [0.25, 0.3) is 0 Å². The van der Waals surface area contributed by atoms with Crippen LogP contribution in [-0.2, 0) is 19.3 Å². The molecule has 0 aliphatic heterocycles. The van der Waals surface area contributed by atoms with Crippen molar-refractivity contribution < 1.29 is 19.2 Å². The summed E-state index contributed by atoms with van der Waals surface area (Å²) in [6, 6.07) is 4.92. The first-order chi connectivity index (χ1) is 13.0. The van der Waals surface area contributed by atoms with Crippen molar-refractivity contribution >= 4 is 22.9 Å². The van der Waals surface area contributed by atoms with Gasteiger partial charge in [-0.1, -0.05) is 0 Å². The Labute approximate surface area is 161 Å². The lowest BCUT2D eigenvalue weighted by molar-refractivity contribution is -0.385. The Balaban J connectivity index is 1.68. The number of fused-ring (bicyclic) bond motifs is 1. The molecule has 1 aromatic carbocycles. The predicted octanol–water partition coefficient (Wildman–Crippen LogP) is 3.52. The average Bonchev–Trinajstić information content (AvgIpc) is 3.11. The van der Waals surface area contributed by atoms with Gasteiger partial charge in [0, 0.05) is 17.0 Å². The third-order valence-corrected chi connectivity index (χ3v) is 5.92. The number of aryl methyl sites for hydroxylation is 2. The maximum absolute atomic E-state index is 12.4. The van der Waals surface area contributed by atoms with E-state index in [0.717, 1.165) is 12.8 Å². The molecule has 0 bridgehead atoms. The average molecular weight is 390 g/mol. The van der Waals surface area contributed by atoms with Crippen LogP contribution < -0.4 is 14.8 Å². The number of nitro groups is 1. The third-order valence-electron chi connectivity index (χ3n) is 4.68. The first-order valence-electron chi connectivity index (χ1n) is 8.82. The lowest BCUT2D eigenvalue weighted by Gasteiger charge is -2.11. The zero-order chi connectivity index (χ0) is 19.4. The number of amides is 1. The standard InChI is InChI=1S/C19H22N2O5S/c1-25-15-9-12(14(21(23)24)11-16(15)26-2)7-8-20-19(22)18-10-13-5-3-4-6-17(13)27-18/h9-11H,3-8H2,1-2H3,(H,20,22). The molecule has 0 spiro atoms. The number of benzene rings is 1. The molecule has 0 atom stereocenters. The first kappa shape index (κ1) is 19.2. The summed E-state index contributed by atoms with van der Waals surface area (Å²) >= 11 is 1.55. The number of methoxy groups -OCH3 is 2. The van der Waals surface area contributed by atoms with Gasteiger partial charge in [-0.15, -0.1) is 11.3 Å². The molecule has 0 saturated heterocycles. The quantitative estimate of drug-likeness (QED) is 0.577. The van der Waals surface area contributed by atoms with Crippen LogP contribution in [0.1, 0.15) is 38.5 Å². The van der Waals surface area contributed by atoms with Crippen molar-refractivity contribution in [3.63, 3.8) is 0 Å². The van der Waals surface area contributed by atoms with Crippen molar-refractivity contribution in [2.45, 2.75) is 32.1 Å². The SMILES string of the molecule is COc1cc(CCNC(=O)c2cc3c(s2)CCCC3)c([N+](=O)[O-])cc1OC. The summed E-state index contributed by atoms with van der Waals surface area (Å²) < 4.78 is 10.3. The molecule has 3 rings (SSSR count). The van der Waals surface area contributed by atoms with Gasteiger partial charge in [0.2, 0.25) is 0 Å². The van der Waals surface area contributed by atoms with Crippen molar-refractivity contribution in [3.05, 3.63) is 49.2 Å². The Morgan fingerprint density at radius 2 is 1.89 bits per heavy atom. The van der Waals surface area contributed by atoms with E-state index in [4.69, 9.17) is 9.47 Å². The molecule has 0 radical (unpaired) electrons. The van der Waals surface area contributed by atoms with Crippen molar-refractivity contribution in [3.8, 4) is 11.5 Å². The van der Waals surface area contributed by atoms with Gasteiger partial charge in [0.15, 0.2) is 11.5 Å². The van der Waals surface area contributed by atoms with E-state index in [1.807, 2.05) is 6.07 Å². The molecular formula is C19H22N2O5S. The molecule has 27 heavy (non-hydrogen) atoms. The van der Waals surface area contributed by atoms with Crippen LogP contribution in [0, 0.1) is 10.1 Å². The number of ether oxygens (including phenoxy) is 2. The number of hydrogen-bond donors (Lipinski definition) is 1. The summed E-state index contributed by atoms with van der Waals surface area (Å²) in [5.41, 5.74) is 1.73. The molecule has 0 unspecified atom stereocenters. The highest BCUT2D eigenvalue weighted by atomic mass is 32.1. The Kier molecular flexibility index (Phi) is 5.95. The number of nitro benzene ring substituents is 1. The highest BCUT2D eigenvalue weighted by Crippen LogP contribution is 2.34. The van der Waals surface area contributed by atoms with Gasteiger partial charge in [-0.3, -0.25) is 14.9 Å². The molecule has 144 valence electrons. The molecule has 2 aromatic rings. The molecule has 1 aliphatic rings. The van der Waals surface area contributed by atoms with Gasteiger partial charge in [-0.25, -0.2) is 0 Å². The fourth-order valence-electron chi connectivity index (χ4n) is 3.28. The number of nitrogens with one attached hydrogen (secondary N) is 1. The van der Waals surface area contributed by atoms with E-state index < -0.39 is 4.92 Å². The molecule has 7 nitrogen and oxygen atoms in total. The minimum absolute atomic E-state index is 0.0477. The normalized spacial score (nSPS) is 13.0. The highest BCUT2D eigenvalue weighted by Gasteiger charge is 2.20. The Morgan fingerprint density at radius 1 is 1.19 bits per heavy atom. The molecule has 0 saturated carbocycles. The molecule has 1 aliphatic carbocycles. The van der Waals surface area contributed by atoms with Crippen molar-refractivity contribution in [2.75, 3.05) is 20.8 Å². The maximum Gasteiger partial charge on any atom is 0.276 e. The monoisotopic (exact) mass is 390 g/mol. The predicted molar refractivity (Wildman–Crippen MR) is 103 cm³/mol. The van der Waals surface area contributed by atoms with Gasteiger partial charge < -0.3 is 14.8 Å². The summed E-state index contributed by atoms with van der Waals surface area (Å²) in [6.45, 7) is 0.303. The highest BCUT2D eigenvalue weighted by molar-refractivity contribution is 7.14. The van der Waals surface area contributed by atoms with Gasteiger partial charge in [-0.05, 0) is 49.8 Å². The number of nitrogens with zero attached hydrogens (tertiary/aromatic N) is 1. The largest absolute Gasteiger partial charge is 0.493 e. The van der Waals surface area contributed by atoms with E-state index >= 15 is 0 Å². The van der Waals surface area contributed by atoms with Crippen molar-refractivity contribution in [1.82, 2.24) is 5.32 Å². The summed E-state index contributed by atoms with van der Waals surface area (Å²) in [5.74, 6) is 0.606. The minimum atomic E-state index is -0.452. The summed E-state index contributed by atoms with van der Waals surface area (Å²) in [7, 11) is 2.91. The van der Waals surface area contributed by atoms with E-state index in [2.05, 4.69) is 5.32 Å². The van der Waals surface area contributed by atoms with Crippen LogP contribution in [0.5, 0.6) is 11.5 Å². The molecule has 0 fully saturated rings. The van der Waals surface area contributed by atoms with Gasteiger partial charge in [-0.2, -0.15) is 0 Å². The van der Waals surface area contributed by atoms with Crippen LogP contribution in [0.3, 0.4) is 0 Å². The van der Waals surface area contributed by atoms with E-state index in [9.17, 15) is 14.9 Å². The number of rotatable bonds is 7. The van der Waals surface area contributed by atoms with Crippen LogP contribution in [0.4, 0.5) is 5.69 Å². The van der Waals surface area contributed by atoms with E-state index in [0.29, 0.717) is 34.9 Å². The molecule has 1 aromatic heterocycles. The van der Waals surface area contributed by atoms with Gasteiger partial charge in [0.1, 0.15) is 0 Å². The number of carbonyl (C=O) groups excluding carboxylic acids is 1. The van der Waals surface area contributed by atoms with E-state index in [-0.39, 0.29) is 11.6 Å². The molecule has 8 heteroatoms. The number of hydrogen-bond acceptors (Lipinski definition) is 6. The fraction of sp³-hybridized carbons (Fsp3) is 0.421. The first-order valence-corrected chi connectivity index (χ1v) is 9.64. The Bertz CT molecular complexity index is 839. The molecular weight excluding hydrogens is 368 g/mol. The number of thiophene rings is 1. The lowest BCUT2D eigenvalue weighted by Crippen LogP contribution is -2.25. The summed E-state index contributed by atoms with van der Waals surface area (Å²) in [6.07, 6.45) is 4.76. The minimum Gasteiger partial charge on any atom is -0.493 e. The van der Waals surface area contributed by atoms with Gasteiger partial charge in [0.05, 0.1) is 30.1 Å². The Hall–Kier alpha value is -2.61. The third kappa shape index (κ3) is 4.21. The molecule has 1 heterocycles. The van der Waals surface area contributed by atoms with Crippen LogP contribution >= 0.6 is 11.3 Å². The lowest BCUT2D eigenvalue weighted by atomic mass is 9.99. The van der Waals surface area contributed by atoms with Gasteiger partial charge >= 0.3 is 0 Å². The summed E-state index contributed by atoms with van der Waals surface area (Å²) in [4.78, 5) is 25.3. The smallest absolute Gasteiger partial charge is 0.276 e. The second kappa shape index (κ2) is 8.39. The second-order valence-corrected chi connectivity index (χ2v) is 7.50. The molecule has 1 amide bonds. The fourth-order valence-corrected chi connectivity index (χ4v) is 4.45. The van der Waals surface area contributed by atoms with Crippen molar-refractivity contribution in [1.29, 1.82) is 0 Å². The van der Waals surface area contributed by atoms with E-state index in [1.165, 1.54) is 43.6 Å². The second-order valence-electron chi connectivity index (χ2n) is 6.37. The maximum atomic E-state index is 12.4. The van der Waals surface area contributed by atoms with E-state index in [1.54, 1.807) is 17.4 Å². The topological polar surface area (TPSA) is 90.7 Å². The number of carbonyl (C=O) groups is 1. The van der Waals surface area contributed by atoms with Crippen molar-refractivity contribution in [2.24, 2.45) is 0 Å². The molecule has 1 N–H and O–H groups in total. The zero-order valence-corrected chi connectivity index (χ0v) is 16.2. The summed E-state index contributed by atoms with van der Waals surface area (Å²) in [5, 5.41) is 14.2. The van der Waals surface area contributed by atoms with Gasteiger partial charge in [0.25, 0.3) is 11.6 Å². The zero-order valence-electron chi connectivity index (χ0n) is 15.4. The van der Waals surface area contributed by atoms with Crippen LogP contribution in [-0.4, -0.2) is 31.6 Å². The van der Waals surface area contributed by atoms with Crippen LogP contribution in [0.15, 0.2) is 18.2 Å².